The molecule has 1 aromatic carbocycles. The second-order valence-electron chi connectivity index (χ2n) is 5.26. The van der Waals surface area contributed by atoms with E-state index in [1.807, 2.05) is 12.1 Å². The molecule has 2 aromatic heterocycles. The van der Waals surface area contributed by atoms with Gasteiger partial charge in [-0.15, -0.1) is 22.7 Å². The lowest BCUT2D eigenvalue weighted by Gasteiger charge is -2.17. The van der Waals surface area contributed by atoms with Crippen molar-refractivity contribution in [3.63, 3.8) is 0 Å². The fourth-order valence-electron chi connectivity index (χ4n) is 2.54. The molecular weight excluding hydrogens is 314 g/mol. The van der Waals surface area contributed by atoms with Crippen LogP contribution in [0.4, 0.5) is 5.69 Å². The lowest BCUT2D eigenvalue weighted by atomic mass is 9.95. The third kappa shape index (κ3) is 3.14. The van der Waals surface area contributed by atoms with Gasteiger partial charge in [0.05, 0.1) is 5.92 Å². The van der Waals surface area contributed by atoms with Gasteiger partial charge in [0.2, 0.25) is 0 Å². The van der Waals surface area contributed by atoms with Crippen LogP contribution in [0.5, 0.6) is 0 Å². The zero-order chi connectivity index (χ0) is 15.7. The fraction of sp³-hybridized carbons (Fsp3) is 0.176. The Labute approximate surface area is 137 Å². The number of hydrogen-bond acceptors (Lipinski definition) is 4. The van der Waals surface area contributed by atoms with Crippen molar-refractivity contribution in [2.24, 2.45) is 0 Å². The zero-order valence-electron chi connectivity index (χ0n) is 12.4. The van der Waals surface area contributed by atoms with Crippen LogP contribution in [-0.4, -0.2) is 5.21 Å². The Hall–Kier alpha value is -1.50. The third-order valence-electron chi connectivity index (χ3n) is 3.56. The monoisotopic (exact) mass is 331 g/mol. The van der Waals surface area contributed by atoms with Crippen molar-refractivity contribution < 1.29 is 10.4 Å². The molecule has 114 valence electrons. The molecule has 1 unspecified atom stereocenters. The van der Waals surface area contributed by atoms with E-state index >= 15 is 0 Å². The standard InChI is InChI=1S/C17H17NO2S2/c1-11-6-8-15(21-11)17(16-9-7-12(2)22-16)13-4-3-5-14(10-13)18(19)20/h3-10,17-19H,1-2H3. The fourth-order valence-corrected chi connectivity index (χ4v) is 4.66. The van der Waals surface area contributed by atoms with E-state index in [0.717, 1.165) is 5.56 Å². The number of nitrogens with one attached hydrogen (secondary N) is 1. The first-order valence-electron chi connectivity index (χ1n) is 7.00. The molecule has 3 nitrogen and oxygen atoms in total. The van der Waals surface area contributed by atoms with E-state index in [4.69, 9.17) is 0 Å². The summed E-state index contributed by atoms with van der Waals surface area (Å²) >= 11 is 3.54. The van der Waals surface area contributed by atoms with Gasteiger partial charge in [-0.25, -0.2) is 5.21 Å². The molecule has 3 aromatic rings. The number of rotatable bonds is 4. The average Bonchev–Trinajstić information content (AvgIpc) is 3.09. The number of thiophene rings is 2. The molecule has 0 fully saturated rings. The molecule has 5 heteroatoms. The molecule has 3 rings (SSSR count). The van der Waals surface area contributed by atoms with Crippen molar-refractivity contribution >= 4 is 28.4 Å². The first kappa shape index (κ1) is 15.4. The summed E-state index contributed by atoms with van der Waals surface area (Å²) in [5.41, 5.74) is 1.37. The minimum absolute atomic E-state index is 0.108. The normalized spacial score (nSPS) is 12.8. The summed E-state index contributed by atoms with van der Waals surface area (Å²) in [4.78, 5) is 5.04. The van der Waals surface area contributed by atoms with E-state index in [1.54, 1.807) is 34.8 Å². The highest BCUT2D eigenvalue weighted by atomic mass is 32.1. The van der Waals surface area contributed by atoms with E-state index in [1.165, 1.54) is 19.5 Å². The minimum Gasteiger partial charge on any atom is -0.595 e. The van der Waals surface area contributed by atoms with Crippen LogP contribution >= 0.6 is 22.7 Å². The molecule has 0 aliphatic heterocycles. The van der Waals surface area contributed by atoms with Gasteiger partial charge in [-0.3, -0.25) is 0 Å². The predicted octanol–water partition coefficient (Wildman–Crippen LogP) is 4.01. The SMILES string of the molecule is Cc1ccc(C(c2cccc([NH+]([O-])O)c2)c2ccc(C)s2)s1. The van der Waals surface area contributed by atoms with Crippen molar-refractivity contribution in [2.45, 2.75) is 19.8 Å². The van der Waals surface area contributed by atoms with Crippen molar-refractivity contribution in [3.05, 3.63) is 78.8 Å². The van der Waals surface area contributed by atoms with Gasteiger partial charge in [0.25, 0.3) is 0 Å². The van der Waals surface area contributed by atoms with Gasteiger partial charge in [-0.2, -0.15) is 5.23 Å². The highest BCUT2D eigenvalue weighted by Gasteiger charge is 2.21. The highest BCUT2D eigenvalue weighted by molar-refractivity contribution is 7.13. The van der Waals surface area contributed by atoms with Crippen LogP contribution in [0.3, 0.4) is 0 Å². The van der Waals surface area contributed by atoms with E-state index in [9.17, 15) is 10.4 Å². The van der Waals surface area contributed by atoms with Crippen LogP contribution in [0.25, 0.3) is 0 Å². The van der Waals surface area contributed by atoms with Gasteiger partial charge in [0, 0.05) is 31.6 Å². The molecule has 0 aliphatic rings. The largest absolute Gasteiger partial charge is 0.595 e. The lowest BCUT2D eigenvalue weighted by molar-refractivity contribution is -0.991. The summed E-state index contributed by atoms with van der Waals surface area (Å²) in [6.07, 6.45) is 0. The first-order valence-corrected chi connectivity index (χ1v) is 8.64. The zero-order valence-corrected chi connectivity index (χ0v) is 14.0. The first-order chi connectivity index (χ1) is 10.5. The van der Waals surface area contributed by atoms with Gasteiger partial charge in [0.15, 0.2) is 5.69 Å². The second-order valence-corrected chi connectivity index (χ2v) is 7.90. The Bertz CT molecular complexity index is 736. The number of benzene rings is 1. The molecule has 2 N–H and O–H groups in total. The van der Waals surface area contributed by atoms with Crippen LogP contribution < -0.4 is 5.23 Å². The van der Waals surface area contributed by atoms with Crippen molar-refractivity contribution in [3.8, 4) is 0 Å². The lowest BCUT2D eigenvalue weighted by Crippen LogP contribution is -2.99. The topological polar surface area (TPSA) is 47.7 Å². The Morgan fingerprint density at radius 1 is 0.955 bits per heavy atom. The maximum atomic E-state index is 11.3. The van der Waals surface area contributed by atoms with E-state index in [-0.39, 0.29) is 5.92 Å². The predicted molar refractivity (Wildman–Crippen MR) is 91.3 cm³/mol. The quantitative estimate of drug-likeness (QED) is 0.710. The van der Waals surface area contributed by atoms with Crippen molar-refractivity contribution in [1.82, 2.24) is 0 Å². The number of hydrogen-bond donors (Lipinski definition) is 2. The molecule has 0 saturated carbocycles. The van der Waals surface area contributed by atoms with Crippen LogP contribution in [0, 0.1) is 19.1 Å². The van der Waals surface area contributed by atoms with Crippen molar-refractivity contribution in [2.75, 3.05) is 0 Å². The highest BCUT2D eigenvalue weighted by Crippen LogP contribution is 2.39. The molecule has 0 aliphatic carbocycles. The van der Waals surface area contributed by atoms with Crippen LogP contribution in [0.2, 0.25) is 0 Å². The third-order valence-corrected chi connectivity index (χ3v) is 5.69. The molecule has 0 spiro atoms. The maximum absolute atomic E-state index is 11.3. The van der Waals surface area contributed by atoms with Gasteiger partial charge in [-0.1, -0.05) is 12.1 Å². The Kier molecular flexibility index (Phi) is 4.42. The van der Waals surface area contributed by atoms with Gasteiger partial charge in [-0.05, 0) is 43.7 Å². The molecule has 2 heterocycles. The average molecular weight is 331 g/mol. The van der Waals surface area contributed by atoms with Crippen LogP contribution in [0.1, 0.15) is 31.0 Å². The minimum atomic E-state index is -0.884. The Morgan fingerprint density at radius 3 is 2.00 bits per heavy atom. The summed E-state index contributed by atoms with van der Waals surface area (Å²) < 4.78 is 0. The smallest absolute Gasteiger partial charge is 0.164 e. The molecule has 0 saturated heterocycles. The molecule has 0 bridgehead atoms. The van der Waals surface area contributed by atoms with Crippen LogP contribution in [-0.2, 0) is 0 Å². The second kappa shape index (κ2) is 6.32. The van der Waals surface area contributed by atoms with Crippen molar-refractivity contribution in [1.29, 1.82) is 0 Å². The number of aryl methyl sites for hydroxylation is 2. The summed E-state index contributed by atoms with van der Waals surface area (Å²) in [7, 11) is 0. The molecule has 0 radical (unpaired) electrons. The van der Waals surface area contributed by atoms with E-state index in [2.05, 4.69) is 38.1 Å². The van der Waals surface area contributed by atoms with Gasteiger partial charge in [0.1, 0.15) is 0 Å². The van der Waals surface area contributed by atoms with Gasteiger partial charge >= 0.3 is 0 Å². The maximum Gasteiger partial charge on any atom is 0.164 e. The summed E-state index contributed by atoms with van der Waals surface area (Å²) in [6.45, 7) is 4.19. The molecule has 1 atom stereocenters. The summed E-state index contributed by atoms with van der Waals surface area (Å²) in [5.74, 6) is 0.108. The molecular formula is C17H17NO2S2. The van der Waals surface area contributed by atoms with E-state index < -0.39 is 5.23 Å². The Morgan fingerprint density at radius 2 is 1.55 bits per heavy atom. The van der Waals surface area contributed by atoms with Crippen LogP contribution in [0.15, 0.2) is 48.5 Å². The molecule has 0 amide bonds. The Balaban J connectivity index is 2.11. The van der Waals surface area contributed by atoms with E-state index in [0.29, 0.717) is 5.69 Å². The summed E-state index contributed by atoms with van der Waals surface area (Å²) in [5, 5.41) is 19.6. The molecule has 22 heavy (non-hydrogen) atoms. The summed E-state index contributed by atoms with van der Waals surface area (Å²) in [6, 6.07) is 15.8. The van der Waals surface area contributed by atoms with Gasteiger partial charge < -0.3 is 5.21 Å². The number of quaternary nitrogens is 1.